The maximum absolute atomic E-state index is 13.4. The maximum Gasteiger partial charge on any atom is 0.256 e. The fraction of sp³-hybridized carbons (Fsp3) is 0.567. The van der Waals surface area contributed by atoms with Gasteiger partial charge in [-0.2, -0.15) is 9.19 Å². The molecule has 3 aliphatic carbocycles. The van der Waals surface area contributed by atoms with Crippen LogP contribution in [-0.4, -0.2) is 86.3 Å². The van der Waals surface area contributed by atoms with Crippen LogP contribution in [-0.2, 0) is 10.0 Å². The lowest BCUT2D eigenvalue weighted by molar-refractivity contribution is 0.0868. The second-order valence-corrected chi connectivity index (χ2v) is 14.2. The van der Waals surface area contributed by atoms with Gasteiger partial charge in [-0.1, -0.05) is 0 Å². The van der Waals surface area contributed by atoms with Gasteiger partial charge in [0.25, 0.3) is 15.9 Å². The van der Waals surface area contributed by atoms with Crippen LogP contribution in [0.5, 0.6) is 0 Å². The third-order valence-electron chi connectivity index (χ3n) is 8.73. The number of nitrogens with one attached hydrogen (secondary N) is 4. The lowest BCUT2D eigenvalue weighted by Crippen LogP contribution is -2.40. The van der Waals surface area contributed by atoms with Gasteiger partial charge in [0.15, 0.2) is 5.82 Å². The Morgan fingerprint density at radius 1 is 0.956 bits per heavy atom. The summed E-state index contributed by atoms with van der Waals surface area (Å²) in [4.78, 5) is 26.8. The number of hydrogen-bond acceptors (Lipinski definition) is 11. The Kier molecular flexibility index (Phi) is 9.56. The Balaban J connectivity index is 1.19. The zero-order valence-electron chi connectivity index (χ0n) is 25.0. The molecule has 0 unspecified atom stereocenters. The van der Waals surface area contributed by atoms with Gasteiger partial charge in [0.05, 0.1) is 40.6 Å². The van der Waals surface area contributed by atoms with Gasteiger partial charge in [-0.05, 0) is 70.3 Å². The summed E-state index contributed by atoms with van der Waals surface area (Å²) in [6, 6.07) is 3.87. The Hall–Kier alpha value is -3.69. The van der Waals surface area contributed by atoms with E-state index in [-0.39, 0.29) is 42.1 Å². The molecule has 5 N–H and O–H groups in total. The van der Waals surface area contributed by atoms with E-state index in [1.165, 1.54) is 12.4 Å². The number of hydrogen-bond donors (Lipinski definition) is 5. The fourth-order valence-corrected chi connectivity index (χ4v) is 7.48. The minimum atomic E-state index is -3.50. The molecule has 0 aromatic carbocycles. The summed E-state index contributed by atoms with van der Waals surface area (Å²) in [5, 5.41) is 26.6. The molecular formula is C30H40FN9O4S. The molecule has 15 heteroatoms. The second kappa shape index (κ2) is 13.7. The molecule has 3 aromatic heterocycles. The van der Waals surface area contributed by atoms with Crippen molar-refractivity contribution < 1.29 is 22.7 Å². The second-order valence-electron chi connectivity index (χ2n) is 12.2. The summed E-state index contributed by atoms with van der Waals surface area (Å²) in [5.74, 6) is 0.986. The first-order chi connectivity index (χ1) is 21.8. The predicted octanol–water partition coefficient (Wildman–Crippen LogP) is 3.13. The number of amides is 1. The number of pyridine rings is 1. The van der Waals surface area contributed by atoms with Crippen LogP contribution in [0.15, 0.2) is 36.9 Å². The quantitative estimate of drug-likeness (QED) is 0.196. The van der Waals surface area contributed by atoms with E-state index >= 15 is 0 Å². The monoisotopic (exact) mass is 641 g/mol. The van der Waals surface area contributed by atoms with Crippen LogP contribution in [0.3, 0.4) is 0 Å². The first-order valence-corrected chi connectivity index (χ1v) is 17.2. The number of carbonyl (C=O) groups is 1. The molecule has 0 spiro atoms. The molecule has 1 amide bonds. The molecule has 0 radical (unpaired) electrons. The van der Waals surface area contributed by atoms with Crippen LogP contribution < -0.4 is 21.3 Å². The number of aliphatic hydroxyl groups excluding tert-OH is 1. The van der Waals surface area contributed by atoms with E-state index in [1.807, 2.05) is 0 Å². The summed E-state index contributed by atoms with van der Waals surface area (Å²) in [6.45, 7) is -0.0273. The van der Waals surface area contributed by atoms with Gasteiger partial charge in [0.1, 0.15) is 18.3 Å². The lowest BCUT2D eigenvalue weighted by atomic mass is 9.90. The number of rotatable bonds is 12. The van der Waals surface area contributed by atoms with Crippen molar-refractivity contribution in [3.8, 4) is 11.4 Å². The van der Waals surface area contributed by atoms with Crippen LogP contribution >= 0.6 is 0 Å². The molecule has 0 bridgehead atoms. The number of anilines is 3. The summed E-state index contributed by atoms with van der Waals surface area (Å²) in [7, 11) is -3.50. The molecule has 3 saturated carbocycles. The van der Waals surface area contributed by atoms with E-state index in [2.05, 4.69) is 41.3 Å². The third kappa shape index (κ3) is 7.76. The highest BCUT2D eigenvalue weighted by molar-refractivity contribution is 7.90. The Morgan fingerprint density at radius 2 is 1.69 bits per heavy atom. The summed E-state index contributed by atoms with van der Waals surface area (Å²) >= 11 is 0. The molecule has 0 aliphatic heterocycles. The van der Waals surface area contributed by atoms with Gasteiger partial charge in [-0.15, -0.1) is 0 Å². The Labute approximate surface area is 261 Å². The van der Waals surface area contributed by atoms with Crippen molar-refractivity contribution in [1.82, 2.24) is 34.8 Å². The largest absolute Gasteiger partial charge is 0.393 e. The van der Waals surface area contributed by atoms with E-state index in [0.717, 1.165) is 42.6 Å². The van der Waals surface area contributed by atoms with E-state index in [1.54, 1.807) is 24.5 Å². The topological polar surface area (TPSA) is 176 Å². The standard InChI is InChI=1S/C30H40FN9O4S/c31-12-14-32-20-1-3-21(4-2-20)36-26-15-28(34-17-25(26)30(42)37-22-5-7-23(41)8-6-22)38-27-11-13-33-29(39-27)19-16-35-40(18-19)45(43,44)24-9-10-24/h11,13,15-18,20-24,32,41H,1-10,12,14H2,(H,37,42)(H2,33,34,36,38,39). The van der Waals surface area contributed by atoms with Crippen molar-refractivity contribution in [2.24, 2.45) is 0 Å². The first-order valence-electron chi connectivity index (χ1n) is 15.7. The molecule has 242 valence electrons. The summed E-state index contributed by atoms with van der Waals surface area (Å²) < 4.78 is 38.7. The Bertz CT molecular complexity index is 1580. The predicted molar refractivity (Wildman–Crippen MR) is 167 cm³/mol. The molecule has 3 aliphatic rings. The zero-order chi connectivity index (χ0) is 31.4. The van der Waals surface area contributed by atoms with Gasteiger partial charge < -0.3 is 26.4 Å². The number of aliphatic hydroxyl groups is 1. The number of carbonyl (C=O) groups excluding carboxylic acids is 1. The molecule has 3 fully saturated rings. The van der Waals surface area contributed by atoms with Crippen LogP contribution in [0.1, 0.15) is 74.6 Å². The van der Waals surface area contributed by atoms with Crippen molar-refractivity contribution in [1.29, 1.82) is 0 Å². The number of aromatic nitrogens is 5. The third-order valence-corrected chi connectivity index (χ3v) is 10.8. The summed E-state index contributed by atoms with van der Waals surface area (Å²) in [5.41, 5.74) is 1.54. The van der Waals surface area contributed by atoms with E-state index in [9.17, 15) is 22.7 Å². The minimum absolute atomic E-state index is 0.00775. The van der Waals surface area contributed by atoms with Gasteiger partial charge >= 0.3 is 0 Å². The van der Waals surface area contributed by atoms with Gasteiger partial charge in [0, 0.05) is 43.1 Å². The fourth-order valence-electron chi connectivity index (χ4n) is 6.00. The van der Waals surface area contributed by atoms with E-state index < -0.39 is 10.0 Å². The van der Waals surface area contributed by atoms with Crippen LogP contribution in [0.4, 0.5) is 21.7 Å². The minimum Gasteiger partial charge on any atom is -0.393 e. The van der Waals surface area contributed by atoms with E-state index in [4.69, 9.17) is 0 Å². The number of alkyl halides is 1. The van der Waals surface area contributed by atoms with Gasteiger partial charge in [-0.25, -0.2) is 27.8 Å². The molecule has 13 nitrogen and oxygen atoms in total. The summed E-state index contributed by atoms with van der Waals surface area (Å²) in [6.07, 6.45) is 13.3. The molecular weight excluding hydrogens is 601 g/mol. The average molecular weight is 642 g/mol. The molecule has 3 aromatic rings. The van der Waals surface area contributed by atoms with Crippen molar-refractivity contribution >= 4 is 33.3 Å². The van der Waals surface area contributed by atoms with Crippen LogP contribution in [0, 0.1) is 0 Å². The highest BCUT2D eigenvalue weighted by Gasteiger charge is 2.37. The molecule has 6 rings (SSSR count). The van der Waals surface area contributed by atoms with Gasteiger partial charge in [0.2, 0.25) is 0 Å². The average Bonchev–Trinajstić information content (AvgIpc) is 3.79. The van der Waals surface area contributed by atoms with Crippen LogP contribution in [0.25, 0.3) is 11.4 Å². The molecule has 0 atom stereocenters. The highest BCUT2D eigenvalue weighted by atomic mass is 32.2. The van der Waals surface area contributed by atoms with E-state index in [0.29, 0.717) is 66.5 Å². The normalized spacial score (nSPS) is 23.8. The SMILES string of the molecule is O=C(NC1CCC(O)CC1)c1cnc(Nc2ccnc(-c3cnn(S(=O)(=O)C4CC4)c3)n2)cc1NC1CCC(NCCF)CC1. The maximum atomic E-state index is 13.4. The van der Waals surface area contributed by atoms with Gasteiger partial charge in [-0.3, -0.25) is 4.79 Å². The van der Waals surface area contributed by atoms with Crippen molar-refractivity contribution in [2.75, 3.05) is 23.9 Å². The van der Waals surface area contributed by atoms with Crippen LogP contribution in [0.2, 0.25) is 0 Å². The highest BCUT2D eigenvalue weighted by Crippen LogP contribution is 2.31. The smallest absolute Gasteiger partial charge is 0.256 e. The van der Waals surface area contributed by atoms with Crippen molar-refractivity contribution in [2.45, 2.75) is 93.7 Å². The lowest BCUT2D eigenvalue weighted by Gasteiger charge is -2.31. The molecule has 0 saturated heterocycles. The number of nitrogens with zero attached hydrogens (tertiary/aromatic N) is 5. The zero-order valence-corrected chi connectivity index (χ0v) is 25.8. The number of halogens is 1. The first kappa shape index (κ1) is 31.3. The molecule has 45 heavy (non-hydrogen) atoms. The van der Waals surface area contributed by atoms with Crippen molar-refractivity contribution in [3.05, 3.63) is 42.5 Å². The Morgan fingerprint density at radius 3 is 2.42 bits per heavy atom. The van der Waals surface area contributed by atoms with Crippen molar-refractivity contribution in [3.63, 3.8) is 0 Å². The molecule has 3 heterocycles.